The van der Waals surface area contributed by atoms with E-state index >= 15 is 0 Å². The van der Waals surface area contributed by atoms with Crippen molar-refractivity contribution in [2.45, 2.75) is 58.5 Å². The number of thiazole rings is 1. The molecule has 0 aromatic carbocycles. The minimum Gasteiger partial charge on any atom is -0.370 e. The summed E-state index contributed by atoms with van der Waals surface area (Å²) in [4.78, 5) is 11.5. The van der Waals surface area contributed by atoms with Crippen molar-refractivity contribution < 1.29 is 0 Å². The van der Waals surface area contributed by atoms with Gasteiger partial charge in [0.15, 0.2) is 5.96 Å². The van der Waals surface area contributed by atoms with E-state index in [0.29, 0.717) is 18.5 Å². The summed E-state index contributed by atoms with van der Waals surface area (Å²) in [5.74, 6) is 0.522. The normalized spacial score (nSPS) is 19.7. The Labute approximate surface area is 161 Å². The summed E-state index contributed by atoms with van der Waals surface area (Å²) >= 11 is 1.70. The number of hydrogen-bond donors (Lipinski definition) is 2. The van der Waals surface area contributed by atoms with Crippen LogP contribution in [0.5, 0.6) is 0 Å². The first-order valence-electron chi connectivity index (χ1n) is 8.13. The van der Waals surface area contributed by atoms with Crippen LogP contribution in [0.3, 0.4) is 0 Å². The zero-order valence-corrected chi connectivity index (χ0v) is 17.8. The van der Waals surface area contributed by atoms with Crippen LogP contribution >= 0.6 is 35.3 Å². The molecule has 1 aliphatic rings. The molecule has 2 rings (SSSR count). The van der Waals surface area contributed by atoms with Crippen LogP contribution in [0, 0.1) is 0 Å². The molecule has 0 bridgehead atoms. The van der Waals surface area contributed by atoms with Gasteiger partial charge in [0.05, 0.1) is 17.2 Å². The topological polar surface area (TPSA) is 66.5 Å². The Hall–Kier alpha value is -0.410. The molecule has 1 aromatic rings. The maximum atomic E-state index is 5.98. The van der Waals surface area contributed by atoms with Crippen LogP contribution in [0.1, 0.15) is 51.2 Å². The molecule has 132 valence electrons. The van der Waals surface area contributed by atoms with Crippen LogP contribution in [0.15, 0.2) is 10.4 Å². The Morgan fingerprint density at radius 2 is 2.26 bits per heavy atom. The number of guanidine groups is 1. The third-order valence-electron chi connectivity index (χ3n) is 4.03. The van der Waals surface area contributed by atoms with E-state index in [1.54, 1.807) is 11.3 Å². The number of nitrogens with zero attached hydrogens (tertiary/aromatic N) is 3. The molecule has 5 nitrogen and oxygen atoms in total. The minimum atomic E-state index is 0. The van der Waals surface area contributed by atoms with Gasteiger partial charge >= 0.3 is 0 Å². The van der Waals surface area contributed by atoms with Crippen molar-refractivity contribution in [2.75, 3.05) is 19.6 Å². The summed E-state index contributed by atoms with van der Waals surface area (Å²) in [6.45, 7) is 12.5. The molecule has 1 aromatic heterocycles. The maximum absolute atomic E-state index is 5.98. The molecule has 1 saturated heterocycles. The lowest BCUT2D eigenvalue weighted by molar-refractivity contribution is 0.267. The molecule has 0 amide bonds. The molecule has 1 unspecified atom stereocenters. The van der Waals surface area contributed by atoms with E-state index in [1.165, 1.54) is 19.4 Å². The lowest BCUT2D eigenvalue weighted by Gasteiger charge is -2.23. The molecule has 0 aliphatic carbocycles. The fraction of sp³-hybridized carbons (Fsp3) is 0.750. The van der Waals surface area contributed by atoms with Crippen molar-refractivity contribution in [1.82, 2.24) is 15.2 Å². The smallest absolute Gasteiger partial charge is 0.189 e. The molecule has 0 radical (unpaired) electrons. The number of likely N-dealkylation sites (tertiary alicyclic amines) is 1. The second-order valence-electron chi connectivity index (χ2n) is 6.90. The first-order valence-corrected chi connectivity index (χ1v) is 9.01. The third kappa shape index (κ3) is 6.19. The maximum Gasteiger partial charge on any atom is 0.189 e. The molecule has 3 N–H and O–H groups in total. The number of aliphatic imine (C=N–C) groups is 1. The Balaban J connectivity index is 0.00000264. The van der Waals surface area contributed by atoms with E-state index in [4.69, 9.17) is 5.73 Å². The average molecular weight is 451 g/mol. The number of halogens is 1. The van der Waals surface area contributed by atoms with E-state index in [1.807, 2.05) is 0 Å². The van der Waals surface area contributed by atoms with Gasteiger partial charge in [0, 0.05) is 23.4 Å². The largest absolute Gasteiger partial charge is 0.370 e. The molecular formula is C16H30IN5S. The Bertz CT molecular complexity index is 509. The van der Waals surface area contributed by atoms with Crippen LogP contribution in [0.4, 0.5) is 0 Å². The van der Waals surface area contributed by atoms with Gasteiger partial charge in [-0.25, -0.2) is 9.98 Å². The van der Waals surface area contributed by atoms with Gasteiger partial charge in [-0.15, -0.1) is 35.3 Å². The highest BCUT2D eigenvalue weighted by atomic mass is 127. The zero-order valence-electron chi connectivity index (χ0n) is 14.6. The fourth-order valence-corrected chi connectivity index (χ4v) is 3.61. The molecule has 0 spiro atoms. The molecule has 23 heavy (non-hydrogen) atoms. The summed E-state index contributed by atoms with van der Waals surface area (Å²) in [6.07, 6.45) is 2.53. The fourth-order valence-electron chi connectivity index (χ4n) is 2.71. The number of aromatic nitrogens is 1. The van der Waals surface area contributed by atoms with Gasteiger partial charge in [0.25, 0.3) is 0 Å². The monoisotopic (exact) mass is 451 g/mol. The van der Waals surface area contributed by atoms with Gasteiger partial charge in [0.1, 0.15) is 0 Å². The predicted octanol–water partition coefficient (Wildman–Crippen LogP) is 2.95. The third-order valence-corrected chi connectivity index (χ3v) is 5.35. The molecule has 7 heteroatoms. The highest BCUT2D eigenvalue weighted by Crippen LogP contribution is 2.25. The summed E-state index contributed by atoms with van der Waals surface area (Å²) in [5, 5.41) is 6.48. The summed E-state index contributed by atoms with van der Waals surface area (Å²) < 4.78 is 0. The van der Waals surface area contributed by atoms with Crippen LogP contribution in [-0.2, 0) is 12.0 Å². The van der Waals surface area contributed by atoms with Crippen molar-refractivity contribution in [2.24, 2.45) is 10.7 Å². The lowest BCUT2D eigenvalue weighted by atomic mass is 9.98. The standard InChI is InChI=1S/C16H29N5S.HI/c1-5-21-8-6-7-13(21)10-19-15(17)18-9-12-11-22-14(20-12)16(2,3)4;/h11,13H,5-10H2,1-4H3,(H3,17,18,19);1H. The van der Waals surface area contributed by atoms with Crippen molar-refractivity contribution in [3.8, 4) is 0 Å². The number of nitrogens with two attached hydrogens (primary N) is 1. The predicted molar refractivity (Wildman–Crippen MR) is 110 cm³/mol. The number of rotatable bonds is 5. The van der Waals surface area contributed by atoms with Gasteiger partial charge < -0.3 is 11.1 Å². The molecule has 0 saturated carbocycles. The van der Waals surface area contributed by atoms with E-state index in [2.05, 4.69) is 53.3 Å². The van der Waals surface area contributed by atoms with Crippen molar-refractivity contribution >= 4 is 41.3 Å². The van der Waals surface area contributed by atoms with Crippen LogP contribution in [0.25, 0.3) is 0 Å². The van der Waals surface area contributed by atoms with Gasteiger partial charge in [-0.1, -0.05) is 27.7 Å². The molecule has 1 fully saturated rings. The number of likely N-dealkylation sites (N-methyl/N-ethyl adjacent to an activating group) is 1. The molecular weight excluding hydrogens is 421 g/mol. The number of nitrogens with one attached hydrogen (secondary N) is 1. The Kier molecular flexibility index (Phi) is 8.23. The quantitative estimate of drug-likeness (QED) is 0.411. The van der Waals surface area contributed by atoms with Gasteiger partial charge in [-0.2, -0.15) is 0 Å². The molecule has 2 heterocycles. The van der Waals surface area contributed by atoms with E-state index in [-0.39, 0.29) is 29.4 Å². The highest BCUT2D eigenvalue weighted by molar-refractivity contribution is 14.0. The highest BCUT2D eigenvalue weighted by Gasteiger charge is 2.22. The van der Waals surface area contributed by atoms with E-state index in [0.717, 1.165) is 23.8 Å². The van der Waals surface area contributed by atoms with Gasteiger partial charge in [-0.3, -0.25) is 4.90 Å². The zero-order chi connectivity index (χ0) is 16.2. The summed E-state index contributed by atoms with van der Waals surface area (Å²) in [7, 11) is 0. The number of hydrogen-bond acceptors (Lipinski definition) is 4. The van der Waals surface area contributed by atoms with Crippen LogP contribution < -0.4 is 11.1 Å². The first-order chi connectivity index (χ1) is 10.4. The Morgan fingerprint density at radius 3 is 2.87 bits per heavy atom. The summed E-state index contributed by atoms with van der Waals surface area (Å²) in [6, 6.07) is 0.588. The van der Waals surface area contributed by atoms with E-state index in [9.17, 15) is 0 Å². The minimum absolute atomic E-state index is 0. The van der Waals surface area contributed by atoms with Crippen molar-refractivity contribution in [3.63, 3.8) is 0 Å². The average Bonchev–Trinajstić information content (AvgIpc) is 3.10. The first kappa shape index (κ1) is 20.6. The second kappa shape index (κ2) is 9.17. The van der Waals surface area contributed by atoms with Gasteiger partial charge in [-0.05, 0) is 25.9 Å². The van der Waals surface area contributed by atoms with Crippen LogP contribution in [-0.4, -0.2) is 41.5 Å². The Morgan fingerprint density at radius 1 is 1.52 bits per heavy atom. The molecule has 1 aliphatic heterocycles. The van der Waals surface area contributed by atoms with Crippen molar-refractivity contribution in [3.05, 3.63) is 16.1 Å². The van der Waals surface area contributed by atoms with Crippen molar-refractivity contribution in [1.29, 1.82) is 0 Å². The summed E-state index contributed by atoms with van der Waals surface area (Å²) in [5.41, 5.74) is 7.07. The van der Waals surface area contributed by atoms with E-state index < -0.39 is 0 Å². The SMILES string of the molecule is CCN1CCCC1CNC(N)=NCc1csc(C(C)(C)C)n1.I. The second-order valence-corrected chi connectivity index (χ2v) is 7.76. The molecule has 1 atom stereocenters. The van der Waals surface area contributed by atoms with Gasteiger partial charge in [0.2, 0.25) is 0 Å². The lowest BCUT2D eigenvalue weighted by Crippen LogP contribution is -2.42. The van der Waals surface area contributed by atoms with Crippen LogP contribution in [0.2, 0.25) is 0 Å².